The number of hydrogen-bond acceptors (Lipinski definition) is 4. The van der Waals surface area contributed by atoms with E-state index in [0.717, 1.165) is 20.8 Å². The molecule has 0 saturated heterocycles. The largest absolute Gasteiger partial charge is 0.324 e. The number of rotatable bonds is 3. The fraction of sp³-hybridized carbons (Fsp3) is 0.273. The lowest BCUT2D eigenvalue weighted by Crippen LogP contribution is -2.06. The number of H-pyrrole nitrogens is 1. The van der Waals surface area contributed by atoms with Gasteiger partial charge >= 0.3 is 0 Å². The van der Waals surface area contributed by atoms with Crippen LogP contribution in [0.3, 0.4) is 0 Å². The highest BCUT2D eigenvalue weighted by Crippen LogP contribution is 2.32. The third-order valence-electron chi connectivity index (χ3n) is 2.24. The standard InChI is InChI=1S/C11H13BrN4S/c1-6(13)9-4-3-8(12)5-10(9)17-11-14-7(2)15-16-11/h3-6H,13H2,1-2H3,(H,14,15,16). The molecule has 0 fully saturated rings. The van der Waals surface area contributed by atoms with Gasteiger partial charge in [0.05, 0.1) is 0 Å². The first-order chi connectivity index (χ1) is 8.06. The molecule has 1 aromatic carbocycles. The fourth-order valence-corrected chi connectivity index (χ4v) is 2.98. The minimum atomic E-state index is -0.00867. The average Bonchev–Trinajstić information content (AvgIpc) is 2.63. The predicted octanol–water partition coefficient (Wildman–Crippen LogP) is 3.05. The van der Waals surface area contributed by atoms with Gasteiger partial charge < -0.3 is 5.73 Å². The Morgan fingerprint density at radius 1 is 1.47 bits per heavy atom. The fourth-order valence-electron chi connectivity index (χ4n) is 1.44. The van der Waals surface area contributed by atoms with E-state index in [1.165, 1.54) is 11.8 Å². The summed E-state index contributed by atoms with van der Waals surface area (Å²) in [5, 5.41) is 7.65. The lowest BCUT2D eigenvalue weighted by atomic mass is 10.1. The summed E-state index contributed by atoms with van der Waals surface area (Å²) in [5.74, 6) is 0.810. The molecule has 0 bridgehead atoms. The van der Waals surface area contributed by atoms with E-state index in [1.54, 1.807) is 0 Å². The Hall–Kier alpha value is -0.850. The monoisotopic (exact) mass is 312 g/mol. The van der Waals surface area contributed by atoms with Gasteiger partial charge in [0, 0.05) is 15.4 Å². The van der Waals surface area contributed by atoms with Gasteiger partial charge in [-0.1, -0.05) is 22.0 Å². The molecule has 1 aromatic heterocycles. The maximum Gasteiger partial charge on any atom is 0.213 e. The Labute approximate surface area is 113 Å². The zero-order valence-electron chi connectivity index (χ0n) is 9.57. The lowest BCUT2D eigenvalue weighted by molar-refractivity contribution is 0.796. The zero-order chi connectivity index (χ0) is 12.4. The molecule has 2 rings (SSSR count). The van der Waals surface area contributed by atoms with Crippen molar-refractivity contribution in [3.8, 4) is 0 Å². The summed E-state index contributed by atoms with van der Waals surface area (Å²) in [6, 6.07) is 6.04. The van der Waals surface area contributed by atoms with Gasteiger partial charge in [-0.3, -0.25) is 5.10 Å². The van der Waals surface area contributed by atoms with E-state index in [2.05, 4.69) is 31.1 Å². The molecule has 17 heavy (non-hydrogen) atoms. The molecule has 1 heterocycles. The van der Waals surface area contributed by atoms with Crippen LogP contribution < -0.4 is 5.73 Å². The van der Waals surface area contributed by atoms with Gasteiger partial charge in [-0.25, -0.2) is 4.98 Å². The molecule has 1 atom stereocenters. The molecule has 4 nitrogen and oxygen atoms in total. The van der Waals surface area contributed by atoms with Gasteiger partial charge in [0.25, 0.3) is 0 Å². The molecule has 1 unspecified atom stereocenters. The van der Waals surface area contributed by atoms with Crippen LogP contribution in [0.15, 0.2) is 32.7 Å². The number of benzene rings is 1. The summed E-state index contributed by atoms with van der Waals surface area (Å²) in [6.45, 7) is 3.85. The summed E-state index contributed by atoms with van der Waals surface area (Å²) in [7, 11) is 0. The van der Waals surface area contributed by atoms with Crippen LogP contribution in [0.5, 0.6) is 0 Å². The van der Waals surface area contributed by atoms with Crippen molar-refractivity contribution in [3.63, 3.8) is 0 Å². The SMILES string of the molecule is Cc1nc(Sc2cc(Br)ccc2C(C)N)n[nH]1. The molecular weight excluding hydrogens is 300 g/mol. The van der Waals surface area contributed by atoms with Crippen molar-refractivity contribution in [3.05, 3.63) is 34.1 Å². The molecule has 2 aromatic rings. The molecule has 6 heteroatoms. The van der Waals surface area contributed by atoms with Crippen LogP contribution in [0, 0.1) is 6.92 Å². The third-order valence-corrected chi connectivity index (χ3v) is 3.68. The molecule has 0 radical (unpaired) electrons. The molecule has 0 spiro atoms. The summed E-state index contributed by atoms with van der Waals surface area (Å²) >= 11 is 4.98. The van der Waals surface area contributed by atoms with Crippen LogP contribution in [-0.4, -0.2) is 15.2 Å². The van der Waals surface area contributed by atoms with Gasteiger partial charge in [0.1, 0.15) is 5.82 Å². The van der Waals surface area contributed by atoms with Crippen molar-refractivity contribution in [2.75, 3.05) is 0 Å². The molecular formula is C11H13BrN4S. The van der Waals surface area contributed by atoms with E-state index in [0.29, 0.717) is 5.16 Å². The van der Waals surface area contributed by atoms with Gasteiger partial charge in [-0.05, 0) is 43.3 Å². The number of nitrogens with one attached hydrogen (secondary N) is 1. The normalized spacial score (nSPS) is 12.7. The summed E-state index contributed by atoms with van der Waals surface area (Å²) < 4.78 is 1.02. The molecule has 0 amide bonds. The van der Waals surface area contributed by atoms with Gasteiger partial charge in [0.2, 0.25) is 5.16 Å². The maximum absolute atomic E-state index is 5.95. The van der Waals surface area contributed by atoms with Crippen molar-refractivity contribution in [2.24, 2.45) is 5.73 Å². The molecule has 0 aliphatic heterocycles. The molecule has 90 valence electrons. The maximum atomic E-state index is 5.95. The number of nitrogens with two attached hydrogens (primary N) is 1. The van der Waals surface area contributed by atoms with E-state index in [1.807, 2.05) is 32.0 Å². The topological polar surface area (TPSA) is 67.6 Å². The first kappa shape index (κ1) is 12.6. The Balaban J connectivity index is 2.33. The second-order valence-electron chi connectivity index (χ2n) is 3.78. The van der Waals surface area contributed by atoms with Crippen molar-refractivity contribution < 1.29 is 0 Å². The van der Waals surface area contributed by atoms with E-state index >= 15 is 0 Å². The highest BCUT2D eigenvalue weighted by molar-refractivity contribution is 9.10. The molecule has 0 aliphatic rings. The quantitative estimate of drug-likeness (QED) is 0.914. The highest BCUT2D eigenvalue weighted by atomic mass is 79.9. The number of halogens is 1. The van der Waals surface area contributed by atoms with Crippen molar-refractivity contribution in [1.82, 2.24) is 15.2 Å². The van der Waals surface area contributed by atoms with Crippen LogP contribution in [-0.2, 0) is 0 Å². The Morgan fingerprint density at radius 2 is 2.24 bits per heavy atom. The van der Waals surface area contributed by atoms with Gasteiger partial charge in [-0.2, -0.15) is 0 Å². The number of hydrogen-bond donors (Lipinski definition) is 2. The van der Waals surface area contributed by atoms with Crippen LogP contribution in [0.1, 0.15) is 24.4 Å². The van der Waals surface area contributed by atoms with Crippen molar-refractivity contribution in [1.29, 1.82) is 0 Å². The van der Waals surface area contributed by atoms with Crippen molar-refractivity contribution in [2.45, 2.75) is 29.9 Å². The van der Waals surface area contributed by atoms with Crippen LogP contribution in [0.2, 0.25) is 0 Å². The Bertz CT molecular complexity index is 524. The molecule has 3 N–H and O–H groups in total. The van der Waals surface area contributed by atoms with E-state index in [-0.39, 0.29) is 6.04 Å². The average molecular weight is 313 g/mol. The summed E-state index contributed by atoms with van der Waals surface area (Å²) in [5.41, 5.74) is 7.04. The second kappa shape index (κ2) is 5.20. The minimum Gasteiger partial charge on any atom is -0.324 e. The number of aromatic nitrogens is 3. The third kappa shape index (κ3) is 3.08. The minimum absolute atomic E-state index is 0.00867. The zero-order valence-corrected chi connectivity index (χ0v) is 12.0. The Kier molecular flexibility index (Phi) is 3.86. The number of aryl methyl sites for hydroxylation is 1. The van der Waals surface area contributed by atoms with Gasteiger partial charge in [0.15, 0.2) is 0 Å². The lowest BCUT2D eigenvalue weighted by Gasteiger charge is -2.11. The summed E-state index contributed by atoms with van der Waals surface area (Å²) in [6.07, 6.45) is 0. The smallest absolute Gasteiger partial charge is 0.213 e. The molecule has 0 aliphatic carbocycles. The van der Waals surface area contributed by atoms with E-state index < -0.39 is 0 Å². The Morgan fingerprint density at radius 3 is 2.82 bits per heavy atom. The first-order valence-corrected chi connectivity index (χ1v) is 6.79. The van der Waals surface area contributed by atoms with E-state index in [4.69, 9.17) is 5.73 Å². The van der Waals surface area contributed by atoms with E-state index in [9.17, 15) is 0 Å². The first-order valence-electron chi connectivity index (χ1n) is 5.18. The van der Waals surface area contributed by atoms with Crippen molar-refractivity contribution >= 4 is 27.7 Å². The molecule has 0 saturated carbocycles. The van der Waals surface area contributed by atoms with Crippen LogP contribution in [0.4, 0.5) is 0 Å². The van der Waals surface area contributed by atoms with Crippen LogP contribution in [0.25, 0.3) is 0 Å². The number of aromatic amines is 1. The predicted molar refractivity (Wildman–Crippen MR) is 72.0 cm³/mol. The second-order valence-corrected chi connectivity index (χ2v) is 5.70. The number of nitrogens with zero attached hydrogens (tertiary/aromatic N) is 2. The van der Waals surface area contributed by atoms with Crippen LogP contribution >= 0.6 is 27.7 Å². The highest BCUT2D eigenvalue weighted by Gasteiger charge is 2.11. The summed E-state index contributed by atoms with van der Waals surface area (Å²) in [4.78, 5) is 5.35. The van der Waals surface area contributed by atoms with Gasteiger partial charge in [-0.15, -0.1) is 5.10 Å².